The van der Waals surface area contributed by atoms with Crippen LogP contribution in [0.2, 0.25) is 0 Å². The SMILES string of the molecule is CCCCCCNC(=O)c1ccc(COc2cccc(C)c2)o1. The highest BCUT2D eigenvalue weighted by Crippen LogP contribution is 2.16. The number of unbranched alkanes of at least 4 members (excludes halogenated alkanes) is 3. The lowest BCUT2D eigenvalue weighted by Gasteiger charge is -2.05. The van der Waals surface area contributed by atoms with Crippen LogP contribution in [0.15, 0.2) is 40.8 Å². The van der Waals surface area contributed by atoms with Gasteiger partial charge in [0.1, 0.15) is 18.1 Å². The lowest BCUT2D eigenvalue weighted by atomic mass is 10.2. The minimum Gasteiger partial charge on any atom is -0.486 e. The first-order chi connectivity index (χ1) is 11.2. The molecule has 0 radical (unpaired) electrons. The zero-order chi connectivity index (χ0) is 16.5. The normalized spacial score (nSPS) is 10.5. The van der Waals surface area contributed by atoms with Crippen molar-refractivity contribution in [3.8, 4) is 5.75 Å². The number of carbonyl (C=O) groups is 1. The van der Waals surface area contributed by atoms with Gasteiger partial charge in [-0.1, -0.05) is 38.3 Å². The maximum absolute atomic E-state index is 12.0. The van der Waals surface area contributed by atoms with E-state index in [0.29, 0.717) is 24.7 Å². The van der Waals surface area contributed by atoms with Crippen molar-refractivity contribution in [1.82, 2.24) is 5.32 Å². The average molecular weight is 315 g/mol. The van der Waals surface area contributed by atoms with Crippen LogP contribution < -0.4 is 10.1 Å². The summed E-state index contributed by atoms with van der Waals surface area (Å²) in [5.74, 6) is 1.61. The molecule has 23 heavy (non-hydrogen) atoms. The van der Waals surface area contributed by atoms with E-state index in [2.05, 4.69) is 12.2 Å². The monoisotopic (exact) mass is 315 g/mol. The first kappa shape index (κ1) is 17.1. The highest BCUT2D eigenvalue weighted by molar-refractivity contribution is 5.91. The topological polar surface area (TPSA) is 51.5 Å². The molecule has 0 aliphatic rings. The second-order valence-electron chi connectivity index (χ2n) is 5.69. The van der Waals surface area contributed by atoms with E-state index >= 15 is 0 Å². The fourth-order valence-electron chi connectivity index (χ4n) is 2.28. The standard InChI is InChI=1S/C19H25NO3/c1-3-4-5-6-12-20-19(21)18-11-10-17(23-18)14-22-16-9-7-8-15(2)13-16/h7-11,13H,3-6,12,14H2,1-2H3,(H,20,21). The van der Waals surface area contributed by atoms with Crippen LogP contribution >= 0.6 is 0 Å². The number of benzene rings is 1. The molecule has 1 N–H and O–H groups in total. The highest BCUT2D eigenvalue weighted by Gasteiger charge is 2.10. The van der Waals surface area contributed by atoms with E-state index in [1.165, 1.54) is 12.8 Å². The second kappa shape index (κ2) is 9.03. The first-order valence-corrected chi connectivity index (χ1v) is 8.25. The van der Waals surface area contributed by atoms with Gasteiger partial charge in [-0.15, -0.1) is 0 Å². The van der Waals surface area contributed by atoms with Crippen molar-refractivity contribution in [3.05, 3.63) is 53.5 Å². The maximum Gasteiger partial charge on any atom is 0.286 e. The number of carbonyl (C=O) groups excluding carboxylic acids is 1. The Labute approximate surface area is 137 Å². The summed E-state index contributed by atoms with van der Waals surface area (Å²) in [4.78, 5) is 12.0. The van der Waals surface area contributed by atoms with Crippen molar-refractivity contribution in [2.75, 3.05) is 6.54 Å². The van der Waals surface area contributed by atoms with Crippen molar-refractivity contribution >= 4 is 5.91 Å². The Balaban J connectivity index is 1.77. The number of nitrogens with one attached hydrogen (secondary N) is 1. The lowest BCUT2D eigenvalue weighted by Crippen LogP contribution is -2.23. The molecule has 124 valence electrons. The van der Waals surface area contributed by atoms with E-state index < -0.39 is 0 Å². The molecule has 1 aromatic carbocycles. The molecule has 0 aliphatic heterocycles. The van der Waals surface area contributed by atoms with E-state index in [-0.39, 0.29) is 5.91 Å². The number of furan rings is 1. The molecule has 0 fully saturated rings. The van der Waals surface area contributed by atoms with Crippen LogP contribution in [-0.2, 0) is 6.61 Å². The zero-order valence-corrected chi connectivity index (χ0v) is 13.9. The van der Waals surface area contributed by atoms with Gasteiger partial charge < -0.3 is 14.5 Å². The van der Waals surface area contributed by atoms with Crippen molar-refractivity contribution in [2.45, 2.75) is 46.1 Å². The Bertz CT molecular complexity index is 619. The lowest BCUT2D eigenvalue weighted by molar-refractivity contribution is 0.0921. The number of amides is 1. The molecule has 4 heteroatoms. The molecule has 1 aromatic heterocycles. The highest BCUT2D eigenvalue weighted by atomic mass is 16.5. The predicted molar refractivity (Wildman–Crippen MR) is 90.7 cm³/mol. The third-order valence-corrected chi connectivity index (χ3v) is 3.57. The van der Waals surface area contributed by atoms with Gasteiger partial charge in [-0.3, -0.25) is 4.79 Å². The Morgan fingerprint density at radius 3 is 2.83 bits per heavy atom. The summed E-state index contributed by atoms with van der Waals surface area (Å²) in [5.41, 5.74) is 1.14. The van der Waals surface area contributed by atoms with Crippen LogP contribution in [0.4, 0.5) is 0 Å². The molecule has 1 heterocycles. The van der Waals surface area contributed by atoms with Crippen molar-refractivity contribution in [2.24, 2.45) is 0 Å². The largest absolute Gasteiger partial charge is 0.486 e. The van der Waals surface area contributed by atoms with Gasteiger partial charge in [-0.2, -0.15) is 0 Å². The Morgan fingerprint density at radius 1 is 1.17 bits per heavy atom. The van der Waals surface area contributed by atoms with Crippen LogP contribution in [0.3, 0.4) is 0 Å². The minimum atomic E-state index is -0.164. The van der Waals surface area contributed by atoms with Crippen molar-refractivity contribution in [3.63, 3.8) is 0 Å². The molecular formula is C19H25NO3. The number of rotatable bonds is 9. The quantitative estimate of drug-likeness (QED) is 0.694. The molecule has 0 aliphatic carbocycles. The molecule has 0 unspecified atom stereocenters. The molecule has 1 amide bonds. The fourth-order valence-corrected chi connectivity index (χ4v) is 2.28. The van der Waals surface area contributed by atoms with E-state index in [4.69, 9.17) is 9.15 Å². The van der Waals surface area contributed by atoms with Gasteiger partial charge in [0.2, 0.25) is 0 Å². The van der Waals surface area contributed by atoms with E-state index in [0.717, 1.165) is 24.2 Å². The summed E-state index contributed by atoms with van der Waals surface area (Å²) in [5, 5.41) is 2.88. The van der Waals surface area contributed by atoms with Crippen molar-refractivity contribution in [1.29, 1.82) is 0 Å². The summed E-state index contributed by atoms with van der Waals surface area (Å²) in [6.45, 7) is 5.19. The van der Waals surface area contributed by atoms with E-state index in [1.54, 1.807) is 12.1 Å². The average Bonchev–Trinajstić information content (AvgIpc) is 3.02. The predicted octanol–water partition coefficient (Wildman–Crippen LogP) is 4.48. The first-order valence-electron chi connectivity index (χ1n) is 8.25. The van der Waals surface area contributed by atoms with Gasteiger partial charge in [-0.05, 0) is 43.2 Å². The van der Waals surface area contributed by atoms with Gasteiger partial charge in [0.05, 0.1) is 0 Å². The Morgan fingerprint density at radius 2 is 2.04 bits per heavy atom. The third-order valence-electron chi connectivity index (χ3n) is 3.57. The molecule has 0 atom stereocenters. The number of ether oxygens (including phenoxy) is 1. The van der Waals surface area contributed by atoms with E-state index in [1.807, 2.05) is 31.2 Å². The molecular weight excluding hydrogens is 290 g/mol. The molecule has 0 saturated carbocycles. The van der Waals surface area contributed by atoms with Gasteiger partial charge in [-0.25, -0.2) is 0 Å². The van der Waals surface area contributed by atoms with Gasteiger partial charge in [0, 0.05) is 6.54 Å². The zero-order valence-electron chi connectivity index (χ0n) is 13.9. The Hall–Kier alpha value is -2.23. The van der Waals surface area contributed by atoms with Crippen LogP contribution in [0.1, 0.15) is 54.5 Å². The molecule has 0 bridgehead atoms. The molecule has 0 spiro atoms. The summed E-state index contributed by atoms with van der Waals surface area (Å²) < 4.78 is 11.2. The fraction of sp³-hybridized carbons (Fsp3) is 0.421. The van der Waals surface area contributed by atoms with Gasteiger partial charge in [0.15, 0.2) is 5.76 Å². The van der Waals surface area contributed by atoms with Crippen LogP contribution in [0.5, 0.6) is 5.75 Å². The summed E-state index contributed by atoms with van der Waals surface area (Å²) in [6, 6.07) is 11.3. The summed E-state index contributed by atoms with van der Waals surface area (Å²) in [6.07, 6.45) is 4.54. The van der Waals surface area contributed by atoms with Crippen LogP contribution in [-0.4, -0.2) is 12.5 Å². The smallest absolute Gasteiger partial charge is 0.286 e. The second-order valence-corrected chi connectivity index (χ2v) is 5.69. The summed E-state index contributed by atoms with van der Waals surface area (Å²) in [7, 11) is 0. The summed E-state index contributed by atoms with van der Waals surface area (Å²) >= 11 is 0. The number of aryl methyl sites for hydroxylation is 1. The van der Waals surface area contributed by atoms with E-state index in [9.17, 15) is 4.79 Å². The van der Waals surface area contributed by atoms with Gasteiger partial charge >= 0.3 is 0 Å². The van der Waals surface area contributed by atoms with Crippen LogP contribution in [0, 0.1) is 6.92 Å². The molecule has 2 aromatic rings. The number of hydrogen-bond donors (Lipinski definition) is 1. The third kappa shape index (κ3) is 5.81. The number of hydrogen-bond acceptors (Lipinski definition) is 3. The Kier molecular flexibility index (Phi) is 6.73. The van der Waals surface area contributed by atoms with Crippen LogP contribution in [0.25, 0.3) is 0 Å². The maximum atomic E-state index is 12.0. The molecule has 2 rings (SSSR count). The van der Waals surface area contributed by atoms with Crippen molar-refractivity contribution < 1.29 is 13.9 Å². The van der Waals surface area contributed by atoms with Gasteiger partial charge in [0.25, 0.3) is 5.91 Å². The minimum absolute atomic E-state index is 0.164. The molecule has 4 nitrogen and oxygen atoms in total. The molecule has 0 saturated heterocycles.